The fourth-order valence-corrected chi connectivity index (χ4v) is 3.09. The molecule has 0 atom stereocenters. The third kappa shape index (κ3) is 4.67. The summed E-state index contributed by atoms with van der Waals surface area (Å²) in [4.78, 5) is 27.1. The molecule has 2 aromatic heterocycles. The van der Waals surface area contributed by atoms with Crippen molar-refractivity contribution in [3.8, 4) is 17.0 Å². The van der Waals surface area contributed by atoms with Crippen LogP contribution < -0.4 is 5.32 Å². The molecule has 0 bridgehead atoms. The van der Waals surface area contributed by atoms with Crippen molar-refractivity contribution in [1.29, 1.82) is 0 Å². The highest BCUT2D eigenvalue weighted by molar-refractivity contribution is 5.90. The number of benzene rings is 2. The van der Waals surface area contributed by atoms with Crippen molar-refractivity contribution in [2.45, 2.75) is 19.8 Å². The highest BCUT2D eigenvalue weighted by atomic mass is 16.6. The highest BCUT2D eigenvalue weighted by Gasteiger charge is 2.14. The fraction of sp³-hybridized carbons (Fsp3) is 0.136. The van der Waals surface area contributed by atoms with Crippen molar-refractivity contribution < 1.29 is 14.1 Å². The second kappa shape index (κ2) is 8.62. The Labute approximate surface area is 177 Å². The molecule has 0 aliphatic heterocycles. The van der Waals surface area contributed by atoms with Crippen molar-refractivity contribution in [2.24, 2.45) is 0 Å². The summed E-state index contributed by atoms with van der Waals surface area (Å²) >= 11 is 0. The normalized spacial score (nSPS) is 10.7. The summed E-state index contributed by atoms with van der Waals surface area (Å²) in [7, 11) is 0. The van der Waals surface area contributed by atoms with Crippen LogP contribution in [0, 0.1) is 17.0 Å². The van der Waals surface area contributed by atoms with Crippen molar-refractivity contribution in [3.05, 3.63) is 88.6 Å². The lowest BCUT2D eigenvalue weighted by atomic mass is 10.2. The number of aryl methyl sites for hydroxylation is 2. The molecule has 4 aromatic rings. The van der Waals surface area contributed by atoms with Gasteiger partial charge in [-0.15, -0.1) is 0 Å². The number of nitrogens with zero attached hydrogens (tertiary/aromatic N) is 4. The second-order valence-electron chi connectivity index (χ2n) is 6.89. The minimum absolute atomic E-state index is 0.0148. The van der Waals surface area contributed by atoms with Gasteiger partial charge in [-0.3, -0.25) is 14.9 Å². The van der Waals surface area contributed by atoms with Gasteiger partial charge in [0.15, 0.2) is 11.7 Å². The summed E-state index contributed by atoms with van der Waals surface area (Å²) in [6, 6.07) is 17.3. The first kappa shape index (κ1) is 20.0. The summed E-state index contributed by atoms with van der Waals surface area (Å²) in [6.07, 6.45) is 2.18. The van der Waals surface area contributed by atoms with Gasteiger partial charge in [0.05, 0.1) is 22.5 Å². The Kier molecular flexibility index (Phi) is 5.57. The van der Waals surface area contributed by atoms with Gasteiger partial charge < -0.3 is 9.73 Å². The molecule has 9 nitrogen and oxygen atoms in total. The quantitative estimate of drug-likeness (QED) is 0.354. The maximum Gasteiger partial charge on any atom is 0.269 e. The van der Waals surface area contributed by atoms with Gasteiger partial charge in [-0.2, -0.15) is 5.10 Å². The molecule has 0 fully saturated rings. The van der Waals surface area contributed by atoms with E-state index >= 15 is 0 Å². The third-order valence-electron chi connectivity index (χ3n) is 4.58. The molecule has 1 N–H and O–H groups in total. The minimum atomic E-state index is -0.466. The maximum absolute atomic E-state index is 12.5. The molecule has 0 aliphatic carbocycles. The van der Waals surface area contributed by atoms with E-state index in [-0.39, 0.29) is 18.0 Å². The lowest BCUT2D eigenvalue weighted by molar-refractivity contribution is -0.384. The smallest absolute Gasteiger partial charge is 0.269 e. The number of nitro benzene ring substituents is 1. The molecule has 2 aromatic carbocycles. The highest BCUT2D eigenvalue weighted by Crippen LogP contribution is 2.22. The first-order valence-corrected chi connectivity index (χ1v) is 9.61. The molecule has 31 heavy (non-hydrogen) atoms. The van der Waals surface area contributed by atoms with Gasteiger partial charge in [0.1, 0.15) is 5.82 Å². The zero-order valence-corrected chi connectivity index (χ0v) is 16.7. The number of aromatic nitrogens is 3. The lowest BCUT2D eigenvalue weighted by Crippen LogP contribution is -2.15. The number of hydrogen-bond acceptors (Lipinski definition) is 6. The van der Waals surface area contributed by atoms with Gasteiger partial charge in [0.25, 0.3) is 5.69 Å². The van der Waals surface area contributed by atoms with E-state index in [2.05, 4.69) is 15.4 Å². The molecule has 2 heterocycles. The van der Waals surface area contributed by atoms with Gasteiger partial charge in [-0.05, 0) is 19.1 Å². The van der Waals surface area contributed by atoms with Crippen LogP contribution in [0.1, 0.15) is 18.0 Å². The number of anilines is 1. The van der Waals surface area contributed by atoms with Crippen molar-refractivity contribution in [1.82, 2.24) is 14.8 Å². The first-order chi connectivity index (χ1) is 15.0. The monoisotopic (exact) mass is 417 g/mol. The number of hydrogen-bond donors (Lipinski definition) is 1. The van der Waals surface area contributed by atoms with Crippen LogP contribution in [-0.4, -0.2) is 25.6 Å². The summed E-state index contributed by atoms with van der Waals surface area (Å²) in [5.41, 5.74) is 2.22. The Bertz CT molecular complexity index is 1210. The number of nitrogens with one attached hydrogen (secondary N) is 1. The van der Waals surface area contributed by atoms with Gasteiger partial charge in [0, 0.05) is 36.6 Å². The van der Waals surface area contributed by atoms with Crippen LogP contribution in [0.25, 0.3) is 17.0 Å². The Morgan fingerprint density at radius 2 is 1.90 bits per heavy atom. The van der Waals surface area contributed by atoms with Gasteiger partial charge >= 0.3 is 0 Å². The number of rotatable bonds is 7. The molecular formula is C22H19N5O4. The van der Waals surface area contributed by atoms with Crippen molar-refractivity contribution >= 4 is 17.4 Å². The predicted octanol–water partition coefficient (Wildman–Crippen LogP) is 4.32. The molecule has 156 valence electrons. The molecule has 9 heteroatoms. The molecule has 0 radical (unpaired) electrons. The molecule has 4 rings (SSSR count). The molecular weight excluding hydrogens is 398 g/mol. The number of nitro groups is 1. The van der Waals surface area contributed by atoms with Crippen LogP contribution in [0.5, 0.6) is 0 Å². The maximum atomic E-state index is 12.5. The number of oxazole rings is 1. The summed E-state index contributed by atoms with van der Waals surface area (Å²) in [6.45, 7) is 1.80. The largest absolute Gasteiger partial charge is 0.441 e. The van der Waals surface area contributed by atoms with E-state index in [9.17, 15) is 14.9 Å². The number of carbonyl (C=O) groups excluding carboxylic acids is 1. The first-order valence-electron chi connectivity index (χ1n) is 9.61. The van der Waals surface area contributed by atoms with E-state index < -0.39 is 4.92 Å². The standard InChI is InChI=1S/C22H19N5O4/c1-15-13-20(26(25-15)17-7-9-18(10-8-17)27(29)30)24-21(28)11-12-22-23-14-19(31-22)16-5-3-2-4-6-16/h2-10,13-14H,11-12H2,1H3,(H,24,28). The Balaban J connectivity index is 1.41. The van der Waals surface area contributed by atoms with Gasteiger partial charge in [-0.1, -0.05) is 30.3 Å². The van der Waals surface area contributed by atoms with Crippen molar-refractivity contribution in [2.75, 3.05) is 5.32 Å². The molecule has 0 saturated carbocycles. The van der Waals surface area contributed by atoms with E-state index in [4.69, 9.17) is 4.42 Å². The van der Waals surface area contributed by atoms with Crippen LogP contribution in [0.3, 0.4) is 0 Å². The third-order valence-corrected chi connectivity index (χ3v) is 4.58. The van der Waals surface area contributed by atoms with Crippen LogP contribution >= 0.6 is 0 Å². The summed E-state index contributed by atoms with van der Waals surface area (Å²) in [5, 5.41) is 18.0. The van der Waals surface area contributed by atoms with E-state index in [0.29, 0.717) is 35.3 Å². The lowest BCUT2D eigenvalue weighted by Gasteiger charge is -2.08. The van der Waals surface area contributed by atoms with Crippen LogP contribution in [0.15, 0.2) is 71.3 Å². The van der Waals surface area contributed by atoms with Crippen LogP contribution in [-0.2, 0) is 11.2 Å². The second-order valence-corrected chi connectivity index (χ2v) is 6.89. The predicted molar refractivity (Wildman–Crippen MR) is 114 cm³/mol. The Hall–Kier alpha value is -4.27. The van der Waals surface area contributed by atoms with Crippen LogP contribution in [0.2, 0.25) is 0 Å². The number of amides is 1. The minimum Gasteiger partial charge on any atom is -0.441 e. The van der Waals surface area contributed by atoms with E-state index in [1.54, 1.807) is 31.3 Å². The molecule has 0 spiro atoms. The zero-order chi connectivity index (χ0) is 21.8. The number of non-ortho nitro benzene ring substituents is 1. The SMILES string of the molecule is Cc1cc(NC(=O)CCc2ncc(-c3ccccc3)o2)n(-c2ccc([N+](=O)[O-])cc2)n1. The topological polar surface area (TPSA) is 116 Å². The molecule has 1 amide bonds. The average molecular weight is 417 g/mol. The molecule has 0 unspecified atom stereocenters. The van der Waals surface area contributed by atoms with Gasteiger partial charge in [-0.25, -0.2) is 9.67 Å². The van der Waals surface area contributed by atoms with Crippen LogP contribution in [0.4, 0.5) is 11.5 Å². The van der Waals surface area contributed by atoms with Gasteiger partial charge in [0.2, 0.25) is 5.91 Å². The number of carbonyl (C=O) groups is 1. The zero-order valence-electron chi connectivity index (χ0n) is 16.7. The fourth-order valence-electron chi connectivity index (χ4n) is 3.09. The summed E-state index contributed by atoms with van der Waals surface area (Å²) < 4.78 is 7.27. The van der Waals surface area contributed by atoms with E-state index in [1.807, 2.05) is 30.3 Å². The van der Waals surface area contributed by atoms with Crippen molar-refractivity contribution in [3.63, 3.8) is 0 Å². The average Bonchev–Trinajstić information content (AvgIpc) is 3.39. The summed E-state index contributed by atoms with van der Waals surface area (Å²) in [5.74, 6) is 1.40. The Morgan fingerprint density at radius 3 is 2.61 bits per heavy atom. The van der Waals surface area contributed by atoms with E-state index in [1.165, 1.54) is 16.8 Å². The van der Waals surface area contributed by atoms with E-state index in [0.717, 1.165) is 5.56 Å². The molecule has 0 saturated heterocycles. The molecule has 0 aliphatic rings. The Morgan fingerprint density at radius 1 is 1.16 bits per heavy atom.